The molecule has 2 aromatic carbocycles. The summed E-state index contributed by atoms with van der Waals surface area (Å²) in [4.78, 5) is 30.2. The SMILES string of the molecule is CCc1ccc(C(=O)N(CC(=O)N(Cc2ccc(F)cc2)Cc2ccco2)CC2CCCO2)cc1. The van der Waals surface area contributed by atoms with Crippen molar-refractivity contribution < 1.29 is 23.1 Å². The van der Waals surface area contributed by atoms with E-state index >= 15 is 0 Å². The van der Waals surface area contributed by atoms with Crippen molar-refractivity contribution in [3.8, 4) is 0 Å². The van der Waals surface area contributed by atoms with Gasteiger partial charge in [-0.3, -0.25) is 9.59 Å². The molecule has 0 saturated carbocycles. The van der Waals surface area contributed by atoms with Gasteiger partial charge in [-0.05, 0) is 66.8 Å². The third-order valence-electron chi connectivity index (χ3n) is 6.24. The number of ether oxygens (including phenoxy) is 1. The first-order chi connectivity index (χ1) is 17.0. The number of nitrogens with zero attached hydrogens (tertiary/aromatic N) is 2. The summed E-state index contributed by atoms with van der Waals surface area (Å²) in [5, 5.41) is 0. The van der Waals surface area contributed by atoms with Gasteiger partial charge in [-0.15, -0.1) is 0 Å². The Balaban J connectivity index is 1.54. The fourth-order valence-electron chi connectivity index (χ4n) is 4.22. The number of furan rings is 1. The van der Waals surface area contributed by atoms with Crippen LogP contribution in [0.25, 0.3) is 0 Å². The van der Waals surface area contributed by atoms with Crippen molar-refractivity contribution in [2.75, 3.05) is 19.7 Å². The monoisotopic (exact) mass is 478 g/mol. The van der Waals surface area contributed by atoms with Crippen molar-refractivity contribution in [1.29, 1.82) is 0 Å². The Kier molecular flexibility index (Phi) is 8.32. The molecular weight excluding hydrogens is 447 g/mol. The third kappa shape index (κ3) is 6.79. The maximum atomic E-state index is 13.5. The second-order valence-electron chi connectivity index (χ2n) is 8.83. The van der Waals surface area contributed by atoms with Gasteiger partial charge in [0, 0.05) is 25.3 Å². The van der Waals surface area contributed by atoms with Crippen LogP contribution in [-0.2, 0) is 29.0 Å². The zero-order valence-corrected chi connectivity index (χ0v) is 20.0. The largest absolute Gasteiger partial charge is 0.467 e. The summed E-state index contributed by atoms with van der Waals surface area (Å²) in [6.45, 7) is 3.51. The molecule has 1 saturated heterocycles. The number of carbonyl (C=O) groups is 2. The molecule has 35 heavy (non-hydrogen) atoms. The Morgan fingerprint density at radius 1 is 0.971 bits per heavy atom. The summed E-state index contributed by atoms with van der Waals surface area (Å²) < 4.78 is 24.6. The maximum absolute atomic E-state index is 13.5. The molecule has 1 aromatic heterocycles. The summed E-state index contributed by atoms with van der Waals surface area (Å²) in [6.07, 6.45) is 4.16. The van der Waals surface area contributed by atoms with Gasteiger partial charge >= 0.3 is 0 Å². The zero-order valence-electron chi connectivity index (χ0n) is 20.0. The van der Waals surface area contributed by atoms with Crippen molar-refractivity contribution in [2.24, 2.45) is 0 Å². The van der Waals surface area contributed by atoms with E-state index in [0.717, 1.165) is 30.4 Å². The number of rotatable bonds is 10. The molecule has 0 aliphatic carbocycles. The van der Waals surface area contributed by atoms with Crippen LogP contribution in [0, 0.1) is 5.82 Å². The normalized spacial score (nSPS) is 15.2. The summed E-state index contributed by atoms with van der Waals surface area (Å²) in [6, 6.07) is 17.1. The molecule has 1 aliphatic heterocycles. The van der Waals surface area contributed by atoms with E-state index in [0.29, 0.717) is 24.5 Å². The standard InChI is InChI=1S/C28H31FN2O4/c1-2-21-7-11-23(12-8-21)28(33)31(19-26-6-4-16-35-26)20-27(32)30(18-25-5-3-15-34-25)17-22-9-13-24(29)14-10-22/h3,5,7-15,26H,2,4,6,16-20H2,1H3. The van der Waals surface area contributed by atoms with Crippen LogP contribution in [0.4, 0.5) is 4.39 Å². The number of benzene rings is 2. The highest BCUT2D eigenvalue weighted by Crippen LogP contribution is 2.18. The molecule has 2 heterocycles. The number of hydrogen-bond donors (Lipinski definition) is 0. The molecule has 0 radical (unpaired) electrons. The fourth-order valence-corrected chi connectivity index (χ4v) is 4.22. The predicted octanol–water partition coefficient (Wildman–Crippen LogP) is 4.83. The lowest BCUT2D eigenvalue weighted by Gasteiger charge is -2.29. The van der Waals surface area contributed by atoms with Gasteiger partial charge in [0.05, 0.1) is 18.9 Å². The Hall–Kier alpha value is -3.45. The van der Waals surface area contributed by atoms with Crippen LogP contribution in [0.1, 0.15) is 47.0 Å². The highest BCUT2D eigenvalue weighted by Gasteiger charge is 2.27. The molecule has 184 valence electrons. The number of carbonyl (C=O) groups excluding carboxylic acids is 2. The van der Waals surface area contributed by atoms with Gasteiger partial charge in [-0.2, -0.15) is 0 Å². The van der Waals surface area contributed by atoms with E-state index < -0.39 is 0 Å². The summed E-state index contributed by atoms with van der Waals surface area (Å²) in [5.41, 5.74) is 2.48. The van der Waals surface area contributed by atoms with E-state index in [9.17, 15) is 14.0 Å². The van der Waals surface area contributed by atoms with Crippen molar-refractivity contribution in [3.63, 3.8) is 0 Å². The van der Waals surface area contributed by atoms with E-state index in [-0.39, 0.29) is 43.4 Å². The second kappa shape index (κ2) is 11.8. The lowest BCUT2D eigenvalue weighted by atomic mass is 10.1. The summed E-state index contributed by atoms with van der Waals surface area (Å²) in [7, 11) is 0. The Labute approximate surface area is 205 Å². The van der Waals surface area contributed by atoms with Crippen LogP contribution < -0.4 is 0 Å². The topological polar surface area (TPSA) is 63.0 Å². The van der Waals surface area contributed by atoms with Crippen molar-refractivity contribution in [3.05, 3.63) is 95.2 Å². The maximum Gasteiger partial charge on any atom is 0.254 e. The molecule has 6 nitrogen and oxygen atoms in total. The smallest absolute Gasteiger partial charge is 0.254 e. The van der Waals surface area contributed by atoms with Crippen LogP contribution in [0.3, 0.4) is 0 Å². The van der Waals surface area contributed by atoms with Gasteiger partial charge in [0.15, 0.2) is 0 Å². The minimum atomic E-state index is -0.333. The fraction of sp³-hybridized carbons (Fsp3) is 0.357. The highest BCUT2D eigenvalue weighted by atomic mass is 19.1. The van der Waals surface area contributed by atoms with Gasteiger partial charge in [-0.1, -0.05) is 31.2 Å². The average Bonchev–Trinajstić information content (AvgIpc) is 3.58. The van der Waals surface area contributed by atoms with Crippen LogP contribution in [0.2, 0.25) is 0 Å². The second-order valence-corrected chi connectivity index (χ2v) is 8.83. The minimum absolute atomic E-state index is 0.0858. The van der Waals surface area contributed by atoms with Crippen molar-refractivity contribution in [2.45, 2.75) is 45.4 Å². The van der Waals surface area contributed by atoms with E-state index in [1.54, 1.807) is 40.3 Å². The van der Waals surface area contributed by atoms with Gasteiger partial charge in [0.25, 0.3) is 5.91 Å². The number of halogens is 1. The molecule has 0 spiro atoms. The van der Waals surface area contributed by atoms with Crippen LogP contribution in [0.5, 0.6) is 0 Å². The van der Waals surface area contributed by atoms with Crippen LogP contribution in [0.15, 0.2) is 71.3 Å². The van der Waals surface area contributed by atoms with Crippen molar-refractivity contribution in [1.82, 2.24) is 9.80 Å². The molecule has 1 fully saturated rings. The lowest BCUT2D eigenvalue weighted by Crippen LogP contribution is -2.45. The van der Waals surface area contributed by atoms with Gasteiger partial charge in [0.2, 0.25) is 5.91 Å². The van der Waals surface area contributed by atoms with Crippen LogP contribution >= 0.6 is 0 Å². The number of aryl methyl sites for hydroxylation is 1. The van der Waals surface area contributed by atoms with E-state index in [2.05, 4.69) is 6.92 Å². The van der Waals surface area contributed by atoms with E-state index in [1.165, 1.54) is 12.1 Å². The molecule has 0 N–H and O–H groups in total. The minimum Gasteiger partial charge on any atom is -0.467 e. The first-order valence-electron chi connectivity index (χ1n) is 12.1. The average molecular weight is 479 g/mol. The quantitative estimate of drug-likeness (QED) is 0.419. The molecule has 1 atom stereocenters. The molecule has 1 unspecified atom stereocenters. The van der Waals surface area contributed by atoms with Crippen LogP contribution in [-0.4, -0.2) is 47.4 Å². The Morgan fingerprint density at radius 3 is 2.34 bits per heavy atom. The predicted molar refractivity (Wildman–Crippen MR) is 130 cm³/mol. The Morgan fingerprint density at radius 2 is 1.71 bits per heavy atom. The first kappa shape index (κ1) is 24.7. The summed E-state index contributed by atoms with van der Waals surface area (Å²) in [5.74, 6) is -0.119. The van der Waals surface area contributed by atoms with E-state index in [4.69, 9.17) is 9.15 Å². The lowest BCUT2D eigenvalue weighted by molar-refractivity contribution is -0.133. The highest BCUT2D eigenvalue weighted by molar-refractivity contribution is 5.96. The first-order valence-corrected chi connectivity index (χ1v) is 12.1. The molecule has 3 aromatic rings. The zero-order chi connectivity index (χ0) is 24.6. The van der Waals surface area contributed by atoms with Gasteiger partial charge in [-0.25, -0.2) is 4.39 Å². The number of amides is 2. The molecule has 0 bridgehead atoms. The molecule has 7 heteroatoms. The molecule has 2 amide bonds. The van der Waals surface area contributed by atoms with Gasteiger partial charge in [0.1, 0.15) is 18.1 Å². The molecular formula is C28H31FN2O4. The Bertz CT molecular complexity index is 1090. The molecule has 4 rings (SSSR count). The summed E-state index contributed by atoms with van der Waals surface area (Å²) >= 11 is 0. The van der Waals surface area contributed by atoms with Gasteiger partial charge < -0.3 is 19.0 Å². The van der Waals surface area contributed by atoms with E-state index in [1.807, 2.05) is 24.3 Å². The number of hydrogen-bond acceptors (Lipinski definition) is 4. The molecule has 1 aliphatic rings. The van der Waals surface area contributed by atoms with Crippen molar-refractivity contribution >= 4 is 11.8 Å². The third-order valence-corrected chi connectivity index (χ3v) is 6.24.